The molecular formula is C25H21IOP+. The van der Waals surface area contributed by atoms with Gasteiger partial charge in [0.1, 0.15) is 35.1 Å². The Kier molecular flexibility index (Phi) is 5.79. The minimum Gasteiger partial charge on any atom is -0.507 e. The van der Waals surface area contributed by atoms with Crippen LogP contribution in [0.4, 0.5) is 0 Å². The van der Waals surface area contributed by atoms with Gasteiger partial charge in [-0.15, -0.1) is 0 Å². The summed E-state index contributed by atoms with van der Waals surface area (Å²) < 4.78 is 1.04. The molecule has 0 aliphatic heterocycles. The zero-order valence-electron chi connectivity index (χ0n) is 15.4. The van der Waals surface area contributed by atoms with Crippen LogP contribution < -0.4 is 15.9 Å². The number of rotatable bonds is 5. The lowest BCUT2D eigenvalue weighted by Gasteiger charge is -2.28. The Bertz CT molecular complexity index is 953. The van der Waals surface area contributed by atoms with Gasteiger partial charge in [-0.1, -0.05) is 60.7 Å². The summed E-state index contributed by atoms with van der Waals surface area (Å²) in [4.78, 5) is 0. The molecule has 0 unspecified atom stereocenters. The maximum atomic E-state index is 10.7. The molecule has 4 aromatic carbocycles. The van der Waals surface area contributed by atoms with Crippen LogP contribution in [0.3, 0.4) is 0 Å². The highest BCUT2D eigenvalue weighted by Crippen LogP contribution is 2.58. The van der Waals surface area contributed by atoms with Gasteiger partial charge in [-0.2, -0.15) is 0 Å². The SMILES string of the molecule is Oc1cc(I)ccc1C[P+](c1ccccc1)(c1ccccc1)c1ccccc1. The van der Waals surface area contributed by atoms with Crippen molar-refractivity contribution in [3.05, 3.63) is 118 Å². The molecule has 0 saturated heterocycles. The van der Waals surface area contributed by atoms with Gasteiger partial charge in [-0.3, -0.25) is 0 Å². The molecule has 0 aliphatic rings. The highest BCUT2D eigenvalue weighted by molar-refractivity contribution is 14.1. The van der Waals surface area contributed by atoms with Gasteiger partial charge in [0.05, 0.1) is 0 Å². The van der Waals surface area contributed by atoms with Crippen molar-refractivity contribution in [1.82, 2.24) is 0 Å². The second-order valence-corrected chi connectivity index (χ2v) is 11.5. The van der Waals surface area contributed by atoms with Crippen molar-refractivity contribution in [2.45, 2.75) is 6.16 Å². The molecule has 0 fully saturated rings. The van der Waals surface area contributed by atoms with Crippen LogP contribution in [0.15, 0.2) is 109 Å². The van der Waals surface area contributed by atoms with Crippen LogP contribution in [0, 0.1) is 3.57 Å². The van der Waals surface area contributed by atoms with E-state index in [1.54, 1.807) is 0 Å². The van der Waals surface area contributed by atoms with Gasteiger partial charge < -0.3 is 5.11 Å². The third-order valence-electron chi connectivity index (χ3n) is 5.05. The number of hydrogen-bond acceptors (Lipinski definition) is 1. The highest BCUT2D eigenvalue weighted by Gasteiger charge is 2.45. The van der Waals surface area contributed by atoms with E-state index in [4.69, 9.17) is 0 Å². The smallest absolute Gasteiger partial charge is 0.123 e. The molecule has 0 aliphatic carbocycles. The Balaban J connectivity index is 2.01. The largest absolute Gasteiger partial charge is 0.507 e. The van der Waals surface area contributed by atoms with Crippen LogP contribution in [0.5, 0.6) is 5.75 Å². The van der Waals surface area contributed by atoms with Gasteiger partial charge in [-0.05, 0) is 71.1 Å². The molecule has 0 heterocycles. The van der Waals surface area contributed by atoms with Gasteiger partial charge in [0.15, 0.2) is 0 Å². The summed E-state index contributed by atoms with van der Waals surface area (Å²) in [5.74, 6) is 0.374. The van der Waals surface area contributed by atoms with E-state index in [2.05, 4.69) is 126 Å². The molecule has 28 heavy (non-hydrogen) atoms. The van der Waals surface area contributed by atoms with Crippen LogP contribution in [-0.4, -0.2) is 5.11 Å². The quantitative estimate of drug-likeness (QED) is 0.287. The number of hydrogen-bond donors (Lipinski definition) is 1. The van der Waals surface area contributed by atoms with Gasteiger partial charge >= 0.3 is 0 Å². The number of aromatic hydroxyl groups is 1. The summed E-state index contributed by atoms with van der Waals surface area (Å²) in [6.45, 7) is 0. The van der Waals surface area contributed by atoms with E-state index in [1.807, 2.05) is 6.07 Å². The van der Waals surface area contributed by atoms with Crippen LogP contribution >= 0.6 is 29.9 Å². The van der Waals surface area contributed by atoms with Crippen molar-refractivity contribution in [1.29, 1.82) is 0 Å². The van der Waals surface area contributed by atoms with Gasteiger partial charge in [0, 0.05) is 9.13 Å². The number of benzene rings is 4. The summed E-state index contributed by atoms with van der Waals surface area (Å²) in [5.41, 5.74) is 0.991. The minimum atomic E-state index is -1.98. The highest BCUT2D eigenvalue weighted by atomic mass is 127. The molecule has 1 N–H and O–H groups in total. The maximum Gasteiger partial charge on any atom is 0.123 e. The summed E-state index contributed by atoms with van der Waals surface area (Å²) >= 11 is 2.24. The minimum absolute atomic E-state index is 0.374. The van der Waals surface area contributed by atoms with Crippen LogP contribution in [0.25, 0.3) is 0 Å². The Morgan fingerprint density at radius 2 is 1.04 bits per heavy atom. The molecule has 0 bridgehead atoms. The lowest BCUT2D eigenvalue weighted by atomic mass is 10.2. The standard InChI is InChI=1S/C25H20IOP/c26-21-17-16-20(25(27)18-21)19-28(22-10-4-1-5-11-22,23-12-6-2-7-13-23)24-14-8-3-9-15-24/h1-18H,19H2/p+1. The third-order valence-corrected chi connectivity index (χ3v) is 10.1. The third kappa shape index (κ3) is 3.72. The molecule has 3 heteroatoms. The number of phenols is 1. The molecule has 138 valence electrons. The molecule has 0 spiro atoms. The second-order valence-electron chi connectivity index (χ2n) is 6.75. The lowest BCUT2D eigenvalue weighted by molar-refractivity contribution is 0.470. The van der Waals surface area contributed by atoms with E-state index in [9.17, 15) is 5.11 Å². The fraction of sp³-hybridized carbons (Fsp3) is 0.0400. The lowest BCUT2D eigenvalue weighted by Crippen LogP contribution is -2.32. The predicted molar refractivity (Wildman–Crippen MR) is 130 cm³/mol. The fourth-order valence-corrected chi connectivity index (χ4v) is 8.43. The van der Waals surface area contributed by atoms with Crippen molar-refractivity contribution < 1.29 is 5.11 Å². The number of halogens is 1. The first-order valence-electron chi connectivity index (χ1n) is 9.22. The first-order chi connectivity index (χ1) is 13.7. The number of phenolic OH excluding ortho intramolecular Hbond substituents is 1. The molecule has 4 rings (SSSR count). The Labute approximate surface area is 180 Å². The predicted octanol–water partition coefficient (Wildman–Crippen LogP) is 5.49. The second kappa shape index (κ2) is 8.46. The van der Waals surface area contributed by atoms with E-state index in [0.29, 0.717) is 5.75 Å². The summed E-state index contributed by atoms with van der Waals surface area (Å²) in [6.07, 6.45) is 0.786. The summed E-state index contributed by atoms with van der Waals surface area (Å²) in [5, 5.41) is 14.7. The molecule has 4 aromatic rings. The van der Waals surface area contributed by atoms with E-state index in [-0.39, 0.29) is 0 Å². The zero-order valence-corrected chi connectivity index (χ0v) is 18.4. The Morgan fingerprint density at radius 1 is 0.607 bits per heavy atom. The molecule has 0 saturated carbocycles. The summed E-state index contributed by atoms with van der Waals surface area (Å²) in [7, 11) is -1.98. The molecule has 0 atom stereocenters. The van der Waals surface area contributed by atoms with Crippen molar-refractivity contribution in [3.63, 3.8) is 0 Å². The van der Waals surface area contributed by atoms with E-state index in [1.165, 1.54) is 15.9 Å². The van der Waals surface area contributed by atoms with Crippen LogP contribution in [-0.2, 0) is 6.16 Å². The molecule has 1 nitrogen and oxygen atoms in total. The van der Waals surface area contributed by atoms with E-state index >= 15 is 0 Å². The molecule has 0 radical (unpaired) electrons. The van der Waals surface area contributed by atoms with Gasteiger partial charge in [0.2, 0.25) is 0 Å². The average molecular weight is 495 g/mol. The Hall–Kier alpha value is -2.16. The van der Waals surface area contributed by atoms with E-state index < -0.39 is 7.26 Å². The Morgan fingerprint density at radius 3 is 1.43 bits per heavy atom. The van der Waals surface area contributed by atoms with Gasteiger partial charge in [0.25, 0.3) is 0 Å². The van der Waals surface area contributed by atoms with Crippen molar-refractivity contribution in [2.75, 3.05) is 0 Å². The van der Waals surface area contributed by atoms with Gasteiger partial charge in [-0.25, -0.2) is 0 Å². The van der Waals surface area contributed by atoms with Crippen molar-refractivity contribution in [2.24, 2.45) is 0 Å². The van der Waals surface area contributed by atoms with Crippen molar-refractivity contribution in [3.8, 4) is 5.75 Å². The van der Waals surface area contributed by atoms with Crippen molar-refractivity contribution >= 4 is 45.8 Å². The maximum absolute atomic E-state index is 10.7. The average Bonchev–Trinajstić information content (AvgIpc) is 2.75. The topological polar surface area (TPSA) is 20.2 Å². The molecular weight excluding hydrogens is 474 g/mol. The summed E-state index contributed by atoms with van der Waals surface area (Å²) in [6, 6.07) is 38.3. The van der Waals surface area contributed by atoms with Crippen LogP contribution in [0.1, 0.15) is 5.56 Å². The first kappa shape index (κ1) is 19.2. The van der Waals surface area contributed by atoms with E-state index in [0.717, 1.165) is 15.3 Å². The molecule has 0 amide bonds. The first-order valence-corrected chi connectivity index (χ1v) is 12.3. The van der Waals surface area contributed by atoms with Crippen LogP contribution in [0.2, 0.25) is 0 Å². The normalized spacial score (nSPS) is 11.3. The molecule has 0 aromatic heterocycles. The fourth-order valence-electron chi connectivity index (χ4n) is 3.69. The zero-order chi connectivity index (χ0) is 19.4. The monoisotopic (exact) mass is 495 g/mol.